The minimum absolute atomic E-state index is 0.281. The van der Waals surface area contributed by atoms with Gasteiger partial charge in [-0.05, 0) is 12.1 Å². The predicted molar refractivity (Wildman–Crippen MR) is 57.7 cm³/mol. The van der Waals surface area contributed by atoms with Gasteiger partial charge in [-0.2, -0.15) is 4.98 Å². The van der Waals surface area contributed by atoms with Gasteiger partial charge < -0.3 is 4.52 Å². The maximum absolute atomic E-state index is 5.56. The number of alkyl halides is 1. The van der Waals surface area contributed by atoms with Crippen LogP contribution in [0.5, 0.6) is 0 Å². The van der Waals surface area contributed by atoms with Gasteiger partial charge >= 0.3 is 0 Å². The highest BCUT2D eigenvalue weighted by Gasteiger charge is 2.05. The standard InChI is InChI=1S/C9H8ClN3OS/c10-5-8-12-9(14-13-8)6-15-7-1-3-11-4-2-7/h1-4H,5-6H2. The van der Waals surface area contributed by atoms with Crippen LogP contribution in [0.4, 0.5) is 0 Å². The summed E-state index contributed by atoms with van der Waals surface area (Å²) in [6.45, 7) is 0. The number of rotatable bonds is 4. The lowest BCUT2D eigenvalue weighted by molar-refractivity contribution is 0.386. The van der Waals surface area contributed by atoms with E-state index in [2.05, 4.69) is 15.1 Å². The molecule has 2 aromatic rings. The Labute approximate surface area is 96.0 Å². The second-order valence-electron chi connectivity index (χ2n) is 2.71. The Morgan fingerprint density at radius 2 is 2.13 bits per heavy atom. The molecule has 15 heavy (non-hydrogen) atoms. The van der Waals surface area contributed by atoms with Crippen LogP contribution in [0.25, 0.3) is 0 Å². The third-order valence-corrected chi connectivity index (χ3v) is 2.88. The number of pyridine rings is 1. The molecule has 0 saturated heterocycles. The van der Waals surface area contributed by atoms with Crippen molar-refractivity contribution in [1.29, 1.82) is 0 Å². The molecule has 0 fully saturated rings. The topological polar surface area (TPSA) is 51.8 Å². The Morgan fingerprint density at radius 1 is 1.33 bits per heavy atom. The molecule has 0 N–H and O–H groups in total. The van der Waals surface area contributed by atoms with Crippen molar-refractivity contribution in [3.63, 3.8) is 0 Å². The summed E-state index contributed by atoms with van der Waals surface area (Å²) in [6, 6.07) is 3.87. The molecule has 4 nitrogen and oxygen atoms in total. The highest BCUT2D eigenvalue weighted by molar-refractivity contribution is 7.98. The highest BCUT2D eigenvalue weighted by atomic mass is 35.5. The largest absolute Gasteiger partial charge is 0.338 e. The van der Waals surface area contributed by atoms with Gasteiger partial charge in [0.25, 0.3) is 0 Å². The smallest absolute Gasteiger partial charge is 0.237 e. The fourth-order valence-corrected chi connectivity index (χ4v) is 1.81. The summed E-state index contributed by atoms with van der Waals surface area (Å²) in [6.07, 6.45) is 3.50. The summed E-state index contributed by atoms with van der Waals surface area (Å²) in [5, 5.41) is 3.70. The quantitative estimate of drug-likeness (QED) is 0.608. The van der Waals surface area contributed by atoms with E-state index in [0.29, 0.717) is 17.5 Å². The average molecular weight is 242 g/mol. The number of halogens is 1. The lowest BCUT2D eigenvalue weighted by Crippen LogP contribution is -1.83. The fraction of sp³-hybridized carbons (Fsp3) is 0.222. The summed E-state index contributed by atoms with van der Waals surface area (Å²) in [4.78, 5) is 9.15. The second kappa shape index (κ2) is 5.14. The lowest BCUT2D eigenvalue weighted by atomic mass is 10.5. The zero-order valence-electron chi connectivity index (χ0n) is 7.76. The van der Waals surface area contributed by atoms with Crippen molar-refractivity contribution < 1.29 is 4.52 Å². The molecule has 2 rings (SSSR count). The first kappa shape index (κ1) is 10.4. The van der Waals surface area contributed by atoms with E-state index < -0.39 is 0 Å². The fourth-order valence-electron chi connectivity index (χ4n) is 0.983. The molecule has 0 aliphatic rings. The van der Waals surface area contributed by atoms with E-state index in [9.17, 15) is 0 Å². The molecule has 6 heteroatoms. The molecule has 78 valence electrons. The van der Waals surface area contributed by atoms with Gasteiger partial charge in [-0.3, -0.25) is 4.98 Å². The first-order chi connectivity index (χ1) is 7.38. The molecular weight excluding hydrogens is 234 g/mol. The monoisotopic (exact) mass is 241 g/mol. The first-order valence-electron chi connectivity index (χ1n) is 4.29. The summed E-state index contributed by atoms with van der Waals surface area (Å²) in [5.74, 6) is 2.05. The van der Waals surface area contributed by atoms with Gasteiger partial charge in [0.15, 0.2) is 5.82 Å². The van der Waals surface area contributed by atoms with E-state index in [1.807, 2.05) is 12.1 Å². The zero-order chi connectivity index (χ0) is 10.5. The van der Waals surface area contributed by atoms with Crippen molar-refractivity contribution in [3.05, 3.63) is 36.2 Å². The van der Waals surface area contributed by atoms with Crippen molar-refractivity contribution in [2.75, 3.05) is 0 Å². The zero-order valence-corrected chi connectivity index (χ0v) is 9.33. The minimum Gasteiger partial charge on any atom is -0.338 e. The van der Waals surface area contributed by atoms with Crippen molar-refractivity contribution in [3.8, 4) is 0 Å². The highest BCUT2D eigenvalue weighted by Crippen LogP contribution is 2.20. The van der Waals surface area contributed by atoms with Crippen LogP contribution < -0.4 is 0 Å². The number of thioether (sulfide) groups is 1. The van der Waals surface area contributed by atoms with Crippen LogP contribution in [-0.4, -0.2) is 15.1 Å². The van der Waals surface area contributed by atoms with Crippen LogP contribution in [-0.2, 0) is 11.6 Å². The summed E-state index contributed by atoms with van der Waals surface area (Å²) in [7, 11) is 0. The minimum atomic E-state index is 0.281. The molecule has 0 aromatic carbocycles. The van der Waals surface area contributed by atoms with Gasteiger partial charge in [0, 0.05) is 17.3 Å². The van der Waals surface area contributed by atoms with E-state index >= 15 is 0 Å². The molecule has 0 aliphatic carbocycles. The summed E-state index contributed by atoms with van der Waals surface area (Å²) in [5.41, 5.74) is 0. The Balaban J connectivity index is 1.93. The molecule has 0 unspecified atom stereocenters. The van der Waals surface area contributed by atoms with Gasteiger partial charge in [0.05, 0.1) is 11.6 Å². The molecule has 2 aromatic heterocycles. The van der Waals surface area contributed by atoms with Crippen LogP contribution in [0, 0.1) is 0 Å². The van der Waals surface area contributed by atoms with Crippen molar-refractivity contribution in [2.24, 2.45) is 0 Å². The van der Waals surface area contributed by atoms with Gasteiger partial charge in [0.2, 0.25) is 5.89 Å². The molecule has 0 saturated carbocycles. The van der Waals surface area contributed by atoms with Crippen LogP contribution >= 0.6 is 23.4 Å². The van der Waals surface area contributed by atoms with Gasteiger partial charge in [0.1, 0.15) is 0 Å². The van der Waals surface area contributed by atoms with E-state index in [4.69, 9.17) is 16.1 Å². The molecule has 0 spiro atoms. The Morgan fingerprint density at radius 3 is 2.80 bits per heavy atom. The second-order valence-corrected chi connectivity index (χ2v) is 4.03. The molecule has 0 bridgehead atoms. The molecular formula is C9H8ClN3OS. The normalized spacial score (nSPS) is 10.5. The molecule has 0 radical (unpaired) electrons. The van der Waals surface area contributed by atoms with E-state index in [-0.39, 0.29) is 5.88 Å². The van der Waals surface area contributed by atoms with Gasteiger partial charge in [-0.1, -0.05) is 5.16 Å². The van der Waals surface area contributed by atoms with Crippen LogP contribution in [0.1, 0.15) is 11.7 Å². The maximum Gasteiger partial charge on any atom is 0.237 e. The SMILES string of the molecule is ClCc1noc(CSc2ccncc2)n1. The molecule has 0 atom stereocenters. The van der Waals surface area contributed by atoms with E-state index in [1.165, 1.54) is 0 Å². The Kier molecular flexibility index (Phi) is 3.58. The number of aromatic nitrogens is 3. The Bertz CT molecular complexity index is 420. The summed E-state index contributed by atoms with van der Waals surface area (Å²) >= 11 is 7.18. The van der Waals surface area contributed by atoms with E-state index in [1.54, 1.807) is 24.2 Å². The van der Waals surface area contributed by atoms with E-state index in [0.717, 1.165) is 4.90 Å². The van der Waals surface area contributed by atoms with Crippen molar-refractivity contribution in [2.45, 2.75) is 16.5 Å². The maximum atomic E-state index is 5.56. The first-order valence-corrected chi connectivity index (χ1v) is 5.81. The number of hydrogen-bond acceptors (Lipinski definition) is 5. The van der Waals surface area contributed by atoms with Crippen LogP contribution in [0.15, 0.2) is 33.9 Å². The number of hydrogen-bond donors (Lipinski definition) is 0. The third kappa shape index (κ3) is 2.94. The molecule has 2 heterocycles. The third-order valence-electron chi connectivity index (χ3n) is 1.64. The van der Waals surface area contributed by atoms with Gasteiger partial charge in [-0.15, -0.1) is 23.4 Å². The lowest BCUT2D eigenvalue weighted by Gasteiger charge is -1.95. The molecule has 0 aliphatic heterocycles. The Hall–Kier alpha value is -1.07. The van der Waals surface area contributed by atoms with Crippen LogP contribution in [0.2, 0.25) is 0 Å². The van der Waals surface area contributed by atoms with Crippen molar-refractivity contribution >= 4 is 23.4 Å². The van der Waals surface area contributed by atoms with Crippen LogP contribution in [0.3, 0.4) is 0 Å². The predicted octanol–water partition coefficient (Wildman–Crippen LogP) is 2.50. The molecule has 0 amide bonds. The number of nitrogens with zero attached hydrogens (tertiary/aromatic N) is 3. The summed E-state index contributed by atoms with van der Waals surface area (Å²) < 4.78 is 5.00. The van der Waals surface area contributed by atoms with Gasteiger partial charge in [-0.25, -0.2) is 0 Å². The van der Waals surface area contributed by atoms with Crippen molar-refractivity contribution in [1.82, 2.24) is 15.1 Å². The average Bonchev–Trinajstić information content (AvgIpc) is 2.76.